The standard InChI is InChI=1S/C35H41F3N4O5S/c1-23(2)33(43)47-32-17-27(48(3,44)45)13-14-30(32)39-15-5-6-26-16-28-29(7-4-8-31(28)42(26)20-35(36,37)38)40-24-9-11-25(12-10-24)41-18-34(19-41)21-46-22-34/h4,7-8,13-14,16-17,23-25,39-40H,9-12,15,18-22H2,1-3H3. The molecule has 3 aliphatic rings. The maximum Gasteiger partial charge on any atom is 0.406 e. The van der Waals surface area contributed by atoms with Gasteiger partial charge in [-0.2, -0.15) is 13.2 Å². The van der Waals surface area contributed by atoms with E-state index in [1.165, 1.54) is 22.8 Å². The molecule has 0 radical (unpaired) electrons. The van der Waals surface area contributed by atoms with E-state index in [2.05, 4.69) is 27.4 Å². The lowest BCUT2D eigenvalue weighted by molar-refractivity contribution is -0.200. The van der Waals surface area contributed by atoms with E-state index in [0.29, 0.717) is 28.0 Å². The van der Waals surface area contributed by atoms with Crippen molar-refractivity contribution < 1.29 is 35.9 Å². The molecular formula is C35H41F3N4O5S. The number of rotatable bonds is 9. The third-order valence-corrected chi connectivity index (χ3v) is 10.5. The molecule has 3 fully saturated rings. The molecule has 3 aromatic rings. The van der Waals surface area contributed by atoms with Gasteiger partial charge in [0.1, 0.15) is 6.54 Å². The van der Waals surface area contributed by atoms with Crippen molar-refractivity contribution in [3.05, 3.63) is 48.2 Å². The number of nitrogens with zero attached hydrogens (tertiary/aromatic N) is 2. The minimum absolute atomic E-state index is 0.00248. The van der Waals surface area contributed by atoms with Crippen LogP contribution in [0.4, 0.5) is 24.5 Å². The lowest BCUT2D eigenvalue weighted by Gasteiger charge is -2.58. The fraction of sp³-hybridized carbons (Fsp3) is 0.514. The zero-order chi connectivity index (χ0) is 34.3. The smallest absolute Gasteiger partial charge is 0.406 e. The van der Waals surface area contributed by atoms with Gasteiger partial charge in [0.05, 0.1) is 47.5 Å². The number of halogens is 3. The number of likely N-dealkylation sites (tertiary alicyclic amines) is 1. The highest BCUT2D eigenvalue weighted by Gasteiger charge is 2.50. The van der Waals surface area contributed by atoms with Crippen molar-refractivity contribution >= 4 is 38.1 Å². The van der Waals surface area contributed by atoms with E-state index in [9.17, 15) is 26.4 Å². The summed E-state index contributed by atoms with van der Waals surface area (Å²) in [6, 6.07) is 12.0. The molecule has 1 spiro atoms. The van der Waals surface area contributed by atoms with E-state index < -0.39 is 34.4 Å². The molecule has 0 bridgehead atoms. The maximum absolute atomic E-state index is 13.7. The fourth-order valence-electron chi connectivity index (χ4n) is 6.78. The number of hydrogen-bond donors (Lipinski definition) is 2. The van der Waals surface area contributed by atoms with Crippen LogP contribution in [0.15, 0.2) is 47.4 Å². The second kappa shape index (κ2) is 13.3. The maximum atomic E-state index is 13.7. The average molecular weight is 687 g/mol. The second-order valence-corrected chi connectivity index (χ2v) is 15.7. The van der Waals surface area contributed by atoms with Gasteiger partial charge in [-0.05, 0) is 61.9 Å². The zero-order valence-corrected chi connectivity index (χ0v) is 28.1. The summed E-state index contributed by atoms with van der Waals surface area (Å²) in [5, 5.41) is 7.30. The molecule has 48 heavy (non-hydrogen) atoms. The first kappa shape index (κ1) is 34.1. The predicted octanol–water partition coefficient (Wildman–Crippen LogP) is 5.69. The van der Waals surface area contributed by atoms with E-state index in [1.807, 2.05) is 6.07 Å². The van der Waals surface area contributed by atoms with Crippen LogP contribution in [0.2, 0.25) is 0 Å². The van der Waals surface area contributed by atoms with Crippen molar-refractivity contribution in [1.29, 1.82) is 0 Å². The van der Waals surface area contributed by atoms with E-state index in [-0.39, 0.29) is 28.9 Å². The summed E-state index contributed by atoms with van der Waals surface area (Å²) in [7, 11) is -3.57. The van der Waals surface area contributed by atoms with Crippen LogP contribution in [-0.2, 0) is 25.9 Å². The topological polar surface area (TPSA) is 102 Å². The fourth-order valence-corrected chi connectivity index (χ4v) is 7.42. The Kier molecular flexibility index (Phi) is 9.45. The average Bonchev–Trinajstić information content (AvgIpc) is 3.31. The third kappa shape index (κ3) is 7.61. The number of alkyl halides is 3. The van der Waals surface area contributed by atoms with Crippen molar-refractivity contribution in [2.45, 2.75) is 69.2 Å². The molecule has 2 aromatic carbocycles. The predicted molar refractivity (Wildman–Crippen MR) is 178 cm³/mol. The molecule has 9 nitrogen and oxygen atoms in total. The van der Waals surface area contributed by atoms with E-state index >= 15 is 0 Å². The van der Waals surface area contributed by atoms with E-state index in [4.69, 9.17) is 9.47 Å². The molecule has 2 saturated heterocycles. The van der Waals surface area contributed by atoms with Gasteiger partial charge >= 0.3 is 12.1 Å². The summed E-state index contributed by atoms with van der Waals surface area (Å²) in [5.41, 5.74) is 2.16. The Morgan fingerprint density at radius 2 is 1.81 bits per heavy atom. The molecule has 3 heterocycles. The Bertz CT molecular complexity index is 1840. The van der Waals surface area contributed by atoms with Gasteiger partial charge in [0.2, 0.25) is 0 Å². The largest absolute Gasteiger partial charge is 0.424 e. The quantitative estimate of drug-likeness (QED) is 0.168. The van der Waals surface area contributed by atoms with Crippen LogP contribution in [-0.4, -0.2) is 81.2 Å². The first-order valence-corrected chi connectivity index (χ1v) is 18.1. The number of carbonyl (C=O) groups is 1. The normalized spacial score (nSPS) is 20.9. The van der Waals surface area contributed by atoms with Crippen LogP contribution in [0.25, 0.3) is 10.9 Å². The van der Waals surface area contributed by atoms with Crippen molar-refractivity contribution in [3.8, 4) is 17.6 Å². The number of aromatic nitrogens is 1. The Labute approximate surface area is 279 Å². The monoisotopic (exact) mass is 686 g/mol. The number of benzene rings is 2. The molecule has 2 N–H and O–H groups in total. The summed E-state index contributed by atoms with van der Waals surface area (Å²) in [6.45, 7) is 6.09. The highest BCUT2D eigenvalue weighted by molar-refractivity contribution is 7.90. The highest BCUT2D eigenvalue weighted by atomic mass is 32.2. The molecule has 1 aromatic heterocycles. The number of hydrogen-bond acceptors (Lipinski definition) is 8. The van der Waals surface area contributed by atoms with Crippen LogP contribution in [0.5, 0.6) is 5.75 Å². The molecule has 6 rings (SSSR count). The first-order valence-electron chi connectivity index (χ1n) is 16.3. The number of anilines is 2. The Balaban J connectivity index is 1.17. The van der Waals surface area contributed by atoms with Crippen molar-refractivity contribution in [2.75, 3.05) is 49.7 Å². The number of esters is 1. The molecule has 1 aliphatic carbocycles. The lowest BCUT2D eigenvalue weighted by atomic mass is 9.75. The molecule has 2 aliphatic heterocycles. The Morgan fingerprint density at radius 1 is 1.08 bits per heavy atom. The molecule has 0 amide bonds. The summed E-state index contributed by atoms with van der Waals surface area (Å²) < 4.78 is 77.4. The van der Waals surface area contributed by atoms with Crippen molar-refractivity contribution in [1.82, 2.24) is 9.47 Å². The number of carbonyl (C=O) groups excluding carboxylic acids is 1. The number of fused-ring (bicyclic) bond motifs is 1. The minimum atomic E-state index is -4.46. The third-order valence-electron chi connectivity index (χ3n) is 9.40. The van der Waals surface area contributed by atoms with Crippen LogP contribution in [0.1, 0.15) is 45.2 Å². The molecular weight excluding hydrogens is 645 g/mol. The van der Waals surface area contributed by atoms with Gasteiger partial charge in [0.15, 0.2) is 15.6 Å². The highest BCUT2D eigenvalue weighted by Crippen LogP contribution is 2.41. The summed E-state index contributed by atoms with van der Waals surface area (Å²) in [6.07, 6.45) is 0.733. The molecule has 13 heteroatoms. The number of sulfone groups is 1. The molecule has 0 atom stereocenters. The second-order valence-electron chi connectivity index (χ2n) is 13.7. The van der Waals surface area contributed by atoms with Gasteiger partial charge in [0.25, 0.3) is 0 Å². The van der Waals surface area contributed by atoms with Gasteiger partial charge in [-0.25, -0.2) is 8.42 Å². The van der Waals surface area contributed by atoms with Gasteiger partial charge in [-0.1, -0.05) is 25.8 Å². The van der Waals surface area contributed by atoms with E-state index in [1.54, 1.807) is 32.0 Å². The number of nitrogens with one attached hydrogen (secondary N) is 2. The van der Waals surface area contributed by atoms with Crippen molar-refractivity contribution in [3.63, 3.8) is 0 Å². The SMILES string of the molecule is CC(C)C(=O)Oc1cc(S(C)(=O)=O)ccc1NCC#Cc1cc2c(NC3CCC(N4CC5(COC5)C4)CC3)cccc2n1CC(F)(F)F. The van der Waals surface area contributed by atoms with Gasteiger partial charge in [-0.15, -0.1) is 0 Å². The van der Waals surface area contributed by atoms with Crippen LogP contribution >= 0.6 is 0 Å². The Hall–Kier alpha value is -3.73. The summed E-state index contributed by atoms with van der Waals surface area (Å²) in [4.78, 5) is 14.8. The van der Waals surface area contributed by atoms with Crippen molar-refractivity contribution in [2.24, 2.45) is 11.3 Å². The summed E-state index contributed by atoms with van der Waals surface area (Å²) in [5.74, 6) is 4.81. The lowest BCUT2D eigenvalue weighted by Crippen LogP contribution is -2.68. The molecule has 0 unspecified atom stereocenters. The van der Waals surface area contributed by atoms with Gasteiger partial charge < -0.3 is 24.7 Å². The molecule has 258 valence electrons. The Morgan fingerprint density at radius 3 is 2.44 bits per heavy atom. The summed E-state index contributed by atoms with van der Waals surface area (Å²) >= 11 is 0. The van der Waals surface area contributed by atoms with Crippen LogP contribution in [0.3, 0.4) is 0 Å². The van der Waals surface area contributed by atoms with Crippen LogP contribution in [0, 0.1) is 23.2 Å². The zero-order valence-electron chi connectivity index (χ0n) is 27.3. The van der Waals surface area contributed by atoms with Gasteiger partial charge in [-0.3, -0.25) is 9.69 Å². The van der Waals surface area contributed by atoms with Crippen LogP contribution < -0.4 is 15.4 Å². The minimum Gasteiger partial charge on any atom is -0.424 e. The first-order chi connectivity index (χ1) is 22.7. The number of ether oxygens (including phenoxy) is 2. The van der Waals surface area contributed by atoms with E-state index in [0.717, 1.165) is 63.9 Å². The molecule has 1 saturated carbocycles. The van der Waals surface area contributed by atoms with Gasteiger partial charge in [0, 0.05) is 54.0 Å².